The monoisotopic (exact) mass is 881 g/mol. The van der Waals surface area contributed by atoms with Gasteiger partial charge in [0.05, 0.1) is 45.7 Å². The van der Waals surface area contributed by atoms with Crippen LogP contribution in [0.15, 0.2) is 96.6 Å². The summed E-state index contributed by atoms with van der Waals surface area (Å²) >= 11 is 6.22. The summed E-state index contributed by atoms with van der Waals surface area (Å²) in [5, 5.41) is 12.2. The van der Waals surface area contributed by atoms with Gasteiger partial charge in [0, 0.05) is 16.5 Å². The van der Waals surface area contributed by atoms with Crippen molar-refractivity contribution in [3.63, 3.8) is 0 Å². The molecule has 4 amide bonds. The first-order valence-corrected chi connectivity index (χ1v) is 18.5. The molecule has 4 aromatic rings. The van der Waals surface area contributed by atoms with Crippen molar-refractivity contribution in [3.8, 4) is 11.5 Å². The highest BCUT2D eigenvalue weighted by Crippen LogP contribution is 2.65. The highest BCUT2D eigenvalue weighted by molar-refractivity contribution is 6.30. The summed E-state index contributed by atoms with van der Waals surface area (Å²) < 4.78 is 142. The number of benzene rings is 4. The van der Waals surface area contributed by atoms with Crippen molar-refractivity contribution in [2.75, 3.05) is 10.3 Å². The van der Waals surface area contributed by atoms with Gasteiger partial charge in [-0.2, -0.15) is 31.4 Å². The molecule has 2 saturated heterocycles. The van der Waals surface area contributed by atoms with E-state index in [0.717, 1.165) is 30.3 Å². The first-order valence-electron chi connectivity index (χ1n) is 18.1. The molecule has 2 heterocycles. The Hall–Kier alpha value is -6.11. The molecule has 6 atom stereocenters. The van der Waals surface area contributed by atoms with Crippen LogP contribution in [0, 0.1) is 29.5 Å². The minimum atomic E-state index is -5.35. The van der Waals surface area contributed by atoms with Crippen LogP contribution < -0.4 is 15.1 Å². The summed E-state index contributed by atoms with van der Waals surface area (Å²) in [6.45, 7) is 0. The number of fused-ring (bicyclic) bond motifs is 4. The molecular formula is C41H26ClF10N3O6. The third-order valence-corrected chi connectivity index (χ3v) is 11.9. The van der Waals surface area contributed by atoms with E-state index < -0.39 is 130 Å². The maximum atomic E-state index is 15.2. The molecule has 9 nitrogen and oxygen atoms in total. The van der Waals surface area contributed by atoms with Gasteiger partial charge in [0.2, 0.25) is 11.8 Å². The quantitative estimate of drug-likeness (QED) is 0.113. The molecule has 8 rings (SSSR count). The zero-order valence-corrected chi connectivity index (χ0v) is 31.3. The van der Waals surface area contributed by atoms with Gasteiger partial charge in [-0.15, -0.1) is 13.2 Å². The number of allylic oxidation sites excluding steroid dienone is 2. The molecule has 20 heteroatoms. The van der Waals surface area contributed by atoms with Gasteiger partial charge < -0.3 is 9.84 Å². The normalized spacial score (nSPS) is 25.3. The Morgan fingerprint density at radius 3 is 1.97 bits per heavy atom. The maximum absolute atomic E-state index is 15.2. The number of hydrogen-bond acceptors (Lipinski definition) is 7. The highest BCUT2D eigenvalue weighted by Gasteiger charge is 2.71. The molecule has 1 saturated carbocycles. The second kappa shape index (κ2) is 14.2. The van der Waals surface area contributed by atoms with Crippen molar-refractivity contribution in [2.45, 2.75) is 42.9 Å². The van der Waals surface area contributed by atoms with Gasteiger partial charge in [-0.25, -0.2) is 9.29 Å². The molecular weight excluding hydrogens is 856 g/mol. The lowest BCUT2D eigenvalue weighted by Gasteiger charge is -2.50. The lowest BCUT2D eigenvalue weighted by atomic mass is 9.49. The number of aromatic hydroxyl groups is 1. The number of anilines is 2. The average molecular weight is 882 g/mol. The fraction of sp³-hybridized carbons (Fsp3) is 0.268. The number of carbonyl (C=O) groups excluding carboxylic acids is 4. The van der Waals surface area contributed by atoms with E-state index in [1.165, 1.54) is 42.5 Å². The molecule has 0 spiro atoms. The van der Waals surface area contributed by atoms with Crippen LogP contribution in [0.25, 0.3) is 0 Å². The van der Waals surface area contributed by atoms with Crippen molar-refractivity contribution in [1.82, 2.24) is 5.01 Å². The number of nitrogens with one attached hydrogen (secondary N) is 1. The minimum absolute atomic E-state index is 0.0243. The standard InChI is InChI=1S/C41H26ClF10N3O6/c42-21-3-1-18(2-4-21)38-30(35(58)55(37(38)60)53-23-7-5-22(43)6-8-23)17-28-26(33(38)29-16-25(9-12-31(29)56)61-41(50,51)52)10-11-27-32(28)36(59)54(34(27)57)24-14-19(39(44,45)46)13-20(15-24)40(47,48)49/h1-10,12-16,27-28,30,32-33,53,56H,11,17H2/t27-,28+,30-,32-,33+,38+/m0/s1. The van der Waals surface area contributed by atoms with Crippen molar-refractivity contribution >= 4 is 46.6 Å². The van der Waals surface area contributed by atoms with Crippen molar-refractivity contribution in [3.05, 3.63) is 130 Å². The molecule has 0 aromatic heterocycles. The lowest BCUT2D eigenvalue weighted by Crippen LogP contribution is -2.53. The Morgan fingerprint density at radius 2 is 1.38 bits per heavy atom. The molecule has 61 heavy (non-hydrogen) atoms. The zero-order valence-electron chi connectivity index (χ0n) is 30.5. The number of rotatable bonds is 6. The third-order valence-electron chi connectivity index (χ3n) is 11.6. The summed E-state index contributed by atoms with van der Waals surface area (Å²) in [7, 11) is 0. The first kappa shape index (κ1) is 41.6. The number of hydrogen-bond donors (Lipinski definition) is 2. The summed E-state index contributed by atoms with van der Waals surface area (Å²) in [5.74, 6) is -14.3. The topological polar surface area (TPSA) is 116 Å². The zero-order chi connectivity index (χ0) is 44.1. The molecule has 3 fully saturated rings. The first-order chi connectivity index (χ1) is 28.5. The fourth-order valence-corrected chi connectivity index (χ4v) is 9.41. The largest absolute Gasteiger partial charge is 0.573 e. The van der Waals surface area contributed by atoms with Crippen LogP contribution in [-0.4, -0.2) is 40.1 Å². The van der Waals surface area contributed by atoms with Gasteiger partial charge in [-0.1, -0.05) is 35.4 Å². The van der Waals surface area contributed by atoms with E-state index in [1.807, 2.05) is 0 Å². The molecule has 4 aliphatic rings. The molecule has 2 N–H and O–H groups in total. The second-order valence-corrected chi connectivity index (χ2v) is 15.4. The fourth-order valence-electron chi connectivity index (χ4n) is 9.28. The van der Waals surface area contributed by atoms with Gasteiger partial charge in [0.15, 0.2) is 0 Å². The molecule has 2 aliphatic heterocycles. The molecule has 0 unspecified atom stereocenters. The van der Waals surface area contributed by atoms with E-state index in [0.29, 0.717) is 5.01 Å². The minimum Gasteiger partial charge on any atom is -0.508 e. The number of amides is 4. The number of imide groups is 2. The van der Waals surface area contributed by atoms with Crippen LogP contribution in [0.5, 0.6) is 11.5 Å². The smallest absolute Gasteiger partial charge is 0.508 e. The summed E-state index contributed by atoms with van der Waals surface area (Å²) in [6.07, 6.45) is -15.5. The Bertz CT molecular complexity index is 2490. The number of ether oxygens (including phenoxy) is 1. The van der Waals surface area contributed by atoms with Gasteiger partial charge in [0.25, 0.3) is 11.8 Å². The number of halogens is 11. The molecule has 4 aromatic carbocycles. The summed E-state index contributed by atoms with van der Waals surface area (Å²) in [5.41, 5.74) is -4.51. The van der Waals surface area contributed by atoms with E-state index in [4.69, 9.17) is 11.6 Å². The van der Waals surface area contributed by atoms with Crippen LogP contribution in [0.1, 0.15) is 41.0 Å². The van der Waals surface area contributed by atoms with Crippen LogP contribution in [-0.2, 0) is 36.9 Å². The Kier molecular flexibility index (Phi) is 9.72. The van der Waals surface area contributed by atoms with Gasteiger partial charge in [-0.3, -0.25) is 24.6 Å². The van der Waals surface area contributed by atoms with Gasteiger partial charge in [-0.05, 0) is 97.1 Å². The highest BCUT2D eigenvalue weighted by atomic mass is 35.5. The molecule has 0 bridgehead atoms. The predicted molar refractivity (Wildman–Crippen MR) is 193 cm³/mol. The van der Waals surface area contributed by atoms with E-state index in [2.05, 4.69) is 10.2 Å². The van der Waals surface area contributed by atoms with Crippen LogP contribution in [0.3, 0.4) is 0 Å². The van der Waals surface area contributed by atoms with Gasteiger partial charge >= 0.3 is 18.7 Å². The Morgan fingerprint density at radius 1 is 0.754 bits per heavy atom. The van der Waals surface area contributed by atoms with Gasteiger partial charge in [0.1, 0.15) is 17.3 Å². The number of hydrazine groups is 1. The Balaban J connectivity index is 1.33. The van der Waals surface area contributed by atoms with Crippen molar-refractivity contribution in [1.29, 1.82) is 0 Å². The van der Waals surface area contributed by atoms with Crippen LogP contribution in [0.2, 0.25) is 5.02 Å². The second-order valence-electron chi connectivity index (χ2n) is 14.9. The predicted octanol–water partition coefficient (Wildman–Crippen LogP) is 9.31. The van der Waals surface area contributed by atoms with E-state index in [9.17, 15) is 63.4 Å². The lowest BCUT2D eigenvalue weighted by molar-refractivity contribution is -0.274. The average Bonchev–Trinajstić information content (AvgIpc) is 3.56. The third kappa shape index (κ3) is 6.91. The number of nitrogens with zero attached hydrogens (tertiary/aromatic N) is 2. The number of carbonyl (C=O) groups is 4. The SMILES string of the molecule is O=C1[C@@H]2C[C@@H]3C(=CC[C@@H]4C(=O)N(c5cc(C(F)(F)F)cc(C(F)(F)F)c5)C(=O)[C@@H]43)[C@H](c3cc(OC(F)(F)F)ccc3O)[C@]2(c2ccc(Cl)cc2)C(=O)N1Nc1ccc(F)cc1. The molecule has 2 aliphatic carbocycles. The number of phenols is 1. The molecule has 0 radical (unpaired) electrons. The number of alkyl halides is 9. The number of phenolic OH excluding ortho intramolecular Hbond substituents is 1. The molecule has 318 valence electrons. The Labute approximate surface area is 342 Å². The van der Waals surface area contributed by atoms with E-state index in [-0.39, 0.29) is 44.9 Å². The van der Waals surface area contributed by atoms with Crippen LogP contribution in [0.4, 0.5) is 55.3 Å². The van der Waals surface area contributed by atoms with Crippen molar-refractivity contribution in [2.24, 2.45) is 23.7 Å². The maximum Gasteiger partial charge on any atom is 0.573 e. The summed E-state index contributed by atoms with van der Waals surface area (Å²) in [4.78, 5) is 58.7. The summed E-state index contributed by atoms with van der Waals surface area (Å²) in [6, 6.07) is 12.5. The van der Waals surface area contributed by atoms with Crippen LogP contribution >= 0.6 is 11.6 Å². The van der Waals surface area contributed by atoms with E-state index >= 15 is 4.79 Å². The van der Waals surface area contributed by atoms with E-state index in [1.54, 1.807) is 0 Å². The van der Waals surface area contributed by atoms with Crippen molar-refractivity contribution < 1.29 is 72.9 Å².